The summed E-state index contributed by atoms with van der Waals surface area (Å²) >= 11 is 0. The molecule has 0 bridgehead atoms. The molecule has 0 saturated heterocycles. The summed E-state index contributed by atoms with van der Waals surface area (Å²) in [7, 11) is 0. The van der Waals surface area contributed by atoms with E-state index in [0.717, 1.165) is 0 Å². The van der Waals surface area contributed by atoms with Crippen LogP contribution in [0.4, 0.5) is 0 Å². The van der Waals surface area contributed by atoms with E-state index < -0.39 is 0 Å². The summed E-state index contributed by atoms with van der Waals surface area (Å²) in [4.78, 5) is 20.8. The standard InChI is InChI=1S/C7H8O3.K/c8-4-5-6(9)2-1-3-7(5)10;/h4,9H,1-3H2;/q;+1/p-1. The van der Waals surface area contributed by atoms with Gasteiger partial charge in [-0.2, -0.15) is 0 Å². The molecule has 4 heteroatoms. The van der Waals surface area contributed by atoms with Gasteiger partial charge in [0.25, 0.3) is 0 Å². The van der Waals surface area contributed by atoms with E-state index in [1.165, 1.54) is 0 Å². The molecular weight excluding hydrogens is 171 g/mol. The Balaban J connectivity index is 0.000001000. The van der Waals surface area contributed by atoms with E-state index in [-0.39, 0.29) is 68.5 Å². The molecule has 0 aliphatic heterocycles. The number of aldehydes is 1. The summed E-state index contributed by atoms with van der Waals surface area (Å²) in [5, 5.41) is 10.7. The Morgan fingerprint density at radius 1 is 1.36 bits per heavy atom. The number of Topliss-reactive ketones (excluding diaryl/α,β-unsaturated/α-hetero) is 1. The summed E-state index contributed by atoms with van der Waals surface area (Å²) in [6, 6.07) is 0. The third-order valence-corrected chi connectivity index (χ3v) is 1.53. The molecule has 0 aromatic carbocycles. The fourth-order valence-corrected chi connectivity index (χ4v) is 0.966. The summed E-state index contributed by atoms with van der Waals surface area (Å²) in [6.45, 7) is 0. The van der Waals surface area contributed by atoms with Crippen LogP contribution in [0.25, 0.3) is 0 Å². The van der Waals surface area contributed by atoms with Gasteiger partial charge in [0.15, 0.2) is 12.1 Å². The van der Waals surface area contributed by atoms with E-state index in [0.29, 0.717) is 25.5 Å². The molecule has 0 spiro atoms. The van der Waals surface area contributed by atoms with Crippen molar-refractivity contribution in [2.75, 3.05) is 0 Å². The van der Waals surface area contributed by atoms with Gasteiger partial charge in [-0.25, -0.2) is 0 Å². The average molecular weight is 178 g/mol. The van der Waals surface area contributed by atoms with Crippen LogP contribution in [0.15, 0.2) is 11.3 Å². The van der Waals surface area contributed by atoms with Crippen molar-refractivity contribution >= 4 is 12.1 Å². The Morgan fingerprint density at radius 3 is 2.36 bits per heavy atom. The van der Waals surface area contributed by atoms with Gasteiger partial charge in [-0.3, -0.25) is 9.59 Å². The van der Waals surface area contributed by atoms with Crippen LogP contribution < -0.4 is 56.5 Å². The second kappa shape index (κ2) is 5.21. The predicted octanol–water partition coefficient (Wildman–Crippen LogP) is -3.44. The van der Waals surface area contributed by atoms with Crippen molar-refractivity contribution in [1.82, 2.24) is 0 Å². The van der Waals surface area contributed by atoms with Crippen LogP contribution in [0.2, 0.25) is 0 Å². The largest absolute Gasteiger partial charge is 1.00 e. The van der Waals surface area contributed by atoms with E-state index in [9.17, 15) is 14.7 Å². The van der Waals surface area contributed by atoms with Crippen molar-refractivity contribution in [3.05, 3.63) is 11.3 Å². The first-order chi connectivity index (χ1) is 4.75. The van der Waals surface area contributed by atoms with Gasteiger partial charge < -0.3 is 5.11 Å². The van der Waals surface area contributed by atoms with E-state index >= 15 is 0 Å². The Bertz CT molecular complexity index is 208. The summed E-state index contributed by atoms with van der Waals surface area (Å²) in [6.07, 6.45) is 1.65. The van der Waals surface area contributed by atoms with Crippen molar-refractivity contribution in [3.8, 4) is 0 Å². The minimum Gasteiger partial charge on any atom is -0.875 e. The Hall–Kier alpha value is 0.516. The van der Waals surface area contributed by atoms with Crippen molar-refractivity contribution < 1.29 is 66.1 Å². The maximum absolute atomic E-state index is 10.7. The van der Waals surface area contributed by atoms with Crippen LogP contribution in [-0.4, -0.2) is 12.1 Å². The Kier molecular flexibility index (Phi) is 5.46. The van der Waals surface area contributed by atoms with Gasteiger partial charge in [-0.1, -0.05) is 0 Å². The van der Waals surface area contributed by atoms with E-state index in [2.05, 4.69) is 0 Å². The molecule has 1 aliphatic carbocycles. The van der Waals surface area contributed by atoms with Gasteiger partial charge in [-0.15, -0.1) is 5.76 Å². The molecule has 0 unspecified atom stereocenters. The molecule has 0 aromatic heterocycles. The van der Waals surface area contributed by atoms with Gasteiger partial charge in [0.05, 0.1) is 0 Å². The molecule has 0 aromatic rings. The van der Waals surface area contributed by atoms with Crippen LogP contribution in [-0.2, 0) is 9.59 Å². The number of allylic oxidation sites excluding steroid dienone is 2. The third-order valence-electron chi connectivity index (χ3n) is 1.53. The minimum atomic E-state index is -0.300. The number of carbonyl (C=O) groups excluding carboxylic acids is 2. The first-order valence-electron chi connectivity index (χ1n) is 3.14. The number of ketones is 1. The maximum Gasteiger partial charge on any atom is 1.00 e. The molecule has 3 nitrogen and oxygen atoms in total. The van der Waals surface area contributed by atoms with Gasteiger partial charge in [0.2, 0.25) is 0 Å². The molecule has 1 aliphatic rings. The fourth-order valence-electron chi connectivity index (χ4n) is 0.966. The second-order valence-corrected chi connectivity index (χ2v) is 2.23. The number of hydrogen-bond donors (Lipinski definition) is 0. The summed E-state index contributed by atoms with van der Waals surface area (Å²) < 4.78 is 0. The molecule has 0 amide bonds. The van der Waals surface area contributed by atoms with E-state index in [1.54, 1.807) is 0 Å². The van der Waals surface area contributed by atoms with Crippen molar-refractivity contribution in [2.24, 2.45) is 0 Å². The second-order valence-electron chi connectivity index (χ2n) is 2.23. The number of rotatable bonds is 1. The number of hydrogen-bond acceptors (Lipinski definition) is 3. The number of carbonyl (C=O) groups is 2. The fraction of sp³-hybridized carbons (Fsp3) is 0.429. The minimum absolute atomic E-state index is 0. The zero-order valence-electron chi connectivity index (χ0n) is 6.42. The van der Waals surface area contributed by atoms with Crippen LogP contribution in [0, 0.1) is 0 Å². The first-order valence-corrected chi connectivity index (χ1v) is 3.14. The third kappa shape index (κ3) is 2.80. The van der Waals surface area contributed by atoms with Crippen LogP contribution in [0.1, 0.15) is 19.3 Å². The van der Waals surface area contributed by atoms with Crippen molar-refractivity contribution in [1.29, 1.82) is 0 Å². The summed E-state index contributed by atoms with van der Waals surface area (Å²) in [5.74, 6) is -0.600. The van der Waals surface area contributed by atoms with E-state index in [4.69, 9.17) is 0 Å². The first kappa shape index (κ1) is 11.5. The van der Waals surface area contributed by atoms with Crippen molar-refractivity contribution in [3.63, 3.8) is 0 Å². The Morgan fingerprint density at radius 2 is 2.00 bits per heavy atom. The molecule has 1 rings (SSSR count). The van der Waals surface area contributed by atoms with Crippen LogP contribution in [0.3, 0.4) is 0 Å². The van der Waals surface area contributed by atoms with Crippen molar-refractivity contribution in [2.45, 2.75) is 19.3 Å². The topological polar surface area (TPSA) is 57.2 Å². The van der Waals surface area contributed by atoms with Gasteiger partial charge in [-0.05, 0) is 12.8 Å². The molecule has 0 N–H and O–H groups in total. The molecule has 54 valence electrons. The Labute approximate surface area is 107 Å². The van der Waals surface area contributed by atoms with Crippen LogP contribution >= 0.6 is 0 Å². The molecule has 0 saturated carbocycles. The van der Waals surface area contributed by atoms with Gasteiger partial charge in [0, 0.05) is 12.0 Å². The molecule has 0 radical (unpaired) electrons. The van der Waals surface area contributed by atoms with Gasteiger partial charge >= 0.3 is 51.4 Å². The molecule has 11 heavy (non-hydrogen) atoms. The molecule has 0 fully saturated rings. The smallest absolute Gasteiger partial charge is 0.875 e. The van der Waals surface area contributed by atoms with Crippen LogP contribution in [0.5, 0.6) is 0 Å². The van der Waals surface area contributed by atoms with E-state index in [1.807, 2.05) is 0 Å². The zero-order valence-corrected chi connectivity index (χ0v) is 9.55. The predicted molar refractivity (Wildman–Crippen MR) is 31.9 cm³/mol. The maximum atomic E-state index is 10.7. The van der Waals surface area contributed by atoms with Gasteiger partial charge in [0.1, 0.15) is 0 Å². The molecule has 0 heterocycles. The summed E-state index contributed by atoms with van der Waals surface area (Å²) in [5.41, 5.74) is -0.147. The average Bonchev–Trinajstić information content (AvgIpc) is 1.88. The monoisotopic (exact) mass is 178 g/mol. The normalized spacial score (nSPS) is 17.6. The zero-order chi connectivity index (χ0) is 7.56. The molecular formula is C7H7KO3. The SMILES string of the molecule is O=CC1=C([O-])CCCC1=O.[K+]. The molecule has 0 atom stereocenters. The quantitative estimate of drug-likeness (QED) is 0.238.